The molecule has 9 aromatic carbocycles. The molecule has 0 amide bonds. The molecule has 0 atom stereocenters. The summed E-state index contributed by atoms with van der Waals surface area (Å²) >= 11 is 0. The van der Waals surface area contributed by atoms with Crippen molar-refractivity contribution in [3.05, 3.63) is 231 Å². The van der Waals surface area contributed by atoms with Crippen LogP contribution in [0.1, 0.15) is 0 Å². The van der Waals surface area contributed by atoms with Gasteiger partial charge in [0.2, 0.25) is 0 Å². The van der Waals surface area contributed by atoms with Crippen LogP contribution in [0.15, 0.2) is 231 Å². The van der Waals surface area contributed by atoms with Crippen LogP contribution in [0.5, 0.6) is 0 Å². The van der Waals surface area contributed by atoms with Crippen molar-refractivity contribution < 1.29 is 0 Å². The molecule has 0 spiro atoms. The van der Waals surface area contributed by atoms with Gasteiger partial charge in [0.15, 0.2) is 5.82 Å². The third-order valence-electron chi connectivity index (χ3n) is 12.1. The summed E-state index contributed by atoms with van der Waals surface area (Å²) in [7, 11) is 0. The molecule has 0 bridgehead atoms. The second-order valence-electron chi connectivity index (χ2n) is 15.7. The third-order valence-corrected chi connectivity index (χ3v) is 12.1. The van der Waals surface area contributed by atoms with E-state index in [2.05, 4.69) is 215 Å². The molecule has 0 aliphatic heterocycles. The van der Waals surface area contributed by atoms with Crippen LogP contribution in [0.25, 0.3) is 111 Å². The number of rotatable bonds is 7. The molecule has 0 radical (unpaired) electrons. The highest BCUT2D eigenvalue weighted by Gasteiger charge is 2.24. The first-order valence-corrected chi connectivity index (χ1v) is 21.1. The Labute approximate surface area is 359 Å². The summed E-state index contributed by atoms with van der Waals surface area (Å²) in [6.07, 6.45) is 0. The van der Waals surface area contributed by atoms with Crippen molar-refractivity contribution in [1.29, 1.82) is 0 Å². The first kappa shape index (κ1) is 35.6. The fourth-order valence-electron chi connectivity index (χ4n) is 9.38. The number of para-hydroxylation sites is 3. The number of fused-ring (bicyclic) bond motifs is 6. The van der Waals surface area contributed by atoms with Crippen LogP contribution in [0.4, 0.5) is 0 Å². The largest absolute Gasteiger partial charge is 0.309 e. The van der Waals surface area contributed by atoms with E-state index in [4.69, 9.17) is 9.97 Å². The van der Waals surface area contributed by atoms with E-state index in [1.807, 2.05) is 24.3 Å². The summed E-state index contributed by atoms with van der Waals surface area (Å²) in [5.74, 6) is 0.688. The van der Waals surface area contributed by atoms with Crippen molar-refractivity contribution in [2.24, 2.45) is 0 Å². The van der Waals surface area contributed by atoms with Gasteiger partial charge in [-0.1, -0.05) is 182 Å². The topological polar surface area (TPSA) is 35.6 Å². The van der Waals surface area contributed by atoms with Crippen LogP contribution in [-0.4, -0.2) is 19.1 Å². The summed E-state index contributed by atoms with van der Waals surface area (Å²) in [6.45, 7) is 0. The lowest BCUT2D eigenvalue weighted by Crippen LogP contribution is -2.03. The van der Waals surface area contributed by atoms with Gasteiger partial charge < -0.3 is 9.13 Å². The van der Waals surface area contributed by atoms with Crippen molar-refractivity contribution in [3.8, 4) is 67.5 Å². The highest BCUT2D eigenvalue weighted by Crippen LogP contribution is 2.46. The van der Waals surface area contributed by atoms with E-state index in [0.717, 1.165) is 72.7 Å². The summed E-state index contributed by atoms with van der Waals surface area (Å²) in [5, 5.41) is 4.88. The van der Waals surface area contributed by atoms with Crippen LogP contribution >= 0.6 is 0 Å². The van der Waals surface area contributed by atoms with E-state index in [-0.39, 0.29) is 0 Å². The summed E-state index contributed by atoms with van der Waals surface area (Å²) < 4.78 is 4.95. The normalized spacial score (nSPS) is 11.5. The molecule has 3 aromatic heterocycles. The molecule has 62 heavy (non-hydrogen) atoms. The lowest BCUT2D eigenvalue weighted by Gasteiger charge is -2.21. The lowest BCUT2D eigenvalue weighted by molar-refractivity contribution is 1.17. The van der Waals surface area contributed by atoms with Crippen LogP contribution < -0.4 is 0 Å². The van der Waals surface area contributed by atoms with Crippen molar-refractivity contribution in [3.63, 3.8) is 0 Å². The van der Waals surface area contributed by atoms with Gasteiger partial charge in [-0.25, -0.2) is 9.97 Å². The van der Waals surface area contributed by atoms with Crippen LogP contribution in [0.3, 0.4) is 0 Å². The highest BCUT2D eigenvalue weighted by molar-refractivity contribution is 6.17. The standard InChI is InChI=1S/C58H38N4/c1-5-20-39(21-6-1)47-36-43(50-38-49(41-24-9-3-10-25-41)59-58(60-50)42-26-11-4-12-27-42)37-48(40-22-7-2-8-23-40)57(47)62-53-33-18-15-30-46(53)56-54(34-19-35-55(56)62)61-51-31-16-13-28-44(51)45-29-14-17-32-52(45)61/h1-38H. The molecule has 290 valence electrons. The molecule has 0 N–H and O–H groups in total. The van der Waals surface area contributed by atoms with Crippen molar-refractivity contribution in [2.75, 3.05) is 0 Å². The van der Waals surface area contributed by atoms with Gasteiger partial charge in [-0.2, -0.15) is 0 Å². The van der Waals surface area contributed by atoms with Crippen molar-refractivity contribution in [1.82, 2.24) is 19.1 Å². The van der Waals surface area contributed by atoms with Crippen LogP contribution in [0.2, 0.25) is 0 Å². The molecule has 3 heterocycles. The van der Waals surface area contributed by atoms with E-state index in [9.17, 15) is 0 Å². The number of nitrogens with zero attached hydrogens (tertiary/aromatic N) is 4. The number of hydrogen-bond acceptors (Lipinski definition) is 2. The Bertz CT molecular complexity index is 3440. The molecule has 12 aromatic rings. The molecule has 0 unspecified atom stereocenters. The van der Waals surface area contributed by atoms with E-state index < -0.39 is 0 Å². The Morgan fingerprint density at radius 1 is 0.290 bits per heavy atom. The first-order valence-electron chi connectivity index (χ1n) is 21.1. The second-order valence-corrected chi connectivity index (χ2v) is 15.7. The monoisotopic (exact) mass is 790 g/mol. The summed E-state index contributed by atoms with van der Waals surface area (Å²) in [4.78, 5) is 10.5. The Hall–Kier alpha value is -8.34. The quantitative estimate of drug-likeness (QED) is 0.161. The number of hydrogen-bond donors (Lipinski definition) is 0. The molecule has 0 saturated heterocycles. The molecular weight excluding hydrogens is 753 g/mol. The fraction of sp³-hybridized carbons (Fsp3) is 0. The fourth-order valence-corrected chi connectivity index (χ4v) is 9.38. The lowest BCUT2D eigenvalue weighted by atomic mass is 9.91. The maximum Gasteiger partial charge on any atom is 0.160 e. The minimum Gasteiger partial charge on any atom is -0.309 e. The highest BCUT2D eigenvalue weighted by atomic mass is 15.0. The van der Waals surface area contributed by atoms with Crippen molar-refractivity contribution in [2.45, 2.75) is 0 Å². The summed E-state index contributed by atoms with van der Waals surface area (Å²) in [6, 6.07) is 82.2. The Morgan fingerprint density at radius 3 is 1.26 bits per heavy atom. The van der Waals surface area contributed by atoms with Gasteiger partial charge in [0.05, 0.1) is 44.8 Å². The molecule has 0 aliphatic rings. The second kappa shape index (κ2) is 14.7. The van der Waals surface area contributed by atoms with E-state index >= 15 is 0 Å². The molecule has 0 fully saturated rings. The summed E-state index contributed by atoms with van der Waals surface area (Å²) in [5.41, 5.74) is 16.1. The van der Waals surface area contributed by atoms with Gasteiger partial charge in [0.1, 0.15) is 0 Å². The first-order chi connectivity index (χ1) is 30.8. The van der Waals surface area contributed by atoms with E-state index in [1.165, 1.54) is 32.6 Å². The molecule has 0 saturated carbocycles. The Morgan fingerprint density at radius 2 is 0.710 bits per heavy atom. The zero-order valence-corrected chi connectivity index (χ0v) is 33.7. The van der Waals surface area contributed by atoms with E-state index in [0.29, 0.717) is 5.82 Å². The van der Waals surface area contributed by atoms with E-state index in [1.54, 1.807) is 0 Å². The van der Waals surface area contributed by atoms with Gasteiger partial charge in [0.25, 0.3) is 0 Å². The third kappa shape index (κ3) is 5.84. The molecule has 12 rings (SSSR count). The van der Waals surface area contributed by atoms with Crippen LogP contribution in [0, 0.1) is 0 Å². The van der Waals surface area contributed by atoms with Crippen molar-refractivity contribution >= 4 is 43.6 Å². The van der Waals surface area contributed by atoms with Gasteiger partial charge in [-0.3, -0.25) is 0 Å². The molecule has 4 heteroatoms. The van der Waals surface area contributed by atoms with Gasteiger partial charge in [-0.05, 0) is 59.7 Å². The smallest absolute Gasteiger partial charge is 0.160 e. The average molecular weight is 791 g/mol. The minimum atomic E-state index is 0.688. The van der Waals surface area contributed by atoms with Gasteiger partial charge in [0, 0.05) is 49.4 Å². The molecule has 4 nitrogen and oxygen atoms in total. The number of benzene rings is 9. The van der Waals surface area contributed by atoms with Gasteiger partial charge in [-0.15, -0.1) is 0 Å². The van der Waals surface area contributed by atoms with Gasteiger partial charge >= 0.3 is 0 Å². The Kier molecular flexibility index (Phi) is 8.46. The minimum absolute atomic E-state index is 0.688. The zero-order valence-electron chi connectivity index (χ0n) is 33.7. The Balaban J connectivity index is 1.20. The maximum atomic E-state index is 5.33. The molecular formula is C58H38N4. The predicted molar refractivity (Wildman–Crippen MR) is 258 cm³/mol. The average Bonchev–Trinajstić information content (AvgIpc) is 3.87. The SMILES string of the molecule is c1ccc(-c2cc(-c3cc(-c4ccccc4)c(-n4c5ccccc5c5c(-n6c7ccccc7c7ccccc76)cccc54)c(-c4ccccc4)c3)nc(-c3ccccc3)n2)cc1. The zero-order chi connectivity index (χ0) is 41.0. The molecule has 0 aliphatic carbocycles. The number of aromatic nitrogens is 4. The van der Waals surface area contributed by atoms with Crippen LogP contribution in [-0.2, 0) is 0 Å². The predicted octanol–water partition coefficient (Wildman–Crippen LogP) is 15.0. The maximum absolute atomic E-state index is 5.33.